The number of hydrogen-bond acceptors (Lipinski definition) is 5. The predicted molar refractivity (Wildman–Crippen MR) is 77.8 cm³/mol. The first-order chi connectivity index (χ1) is 9.83. The summed E-state index contributed by atoms with van der Waals surface area (Å²) in [6, 6.07) is 2.21. The first-order valence-corrected chi connectivity index (χ1v) is 7.50. The zero-order valence-corrected chi connectivity index (χ0v) is 12.5. The third-order valence-electron chi connectivity index (χ3n) is 3.78. The smallest absolute Gasteiger partial charge is 0.216 e. The van der Waals surface area contributed by atoms with Crippen molar-refractivity contribution in [1.29, 1.82) is 0 Å². The van der Waals surface area contributed by atoms with Gasteiger partial charge in [-0.1, -0.05) is 6.92 Å². The molecule has 0 aromatic carbocycles. The molecule has 112 valence electrons. The van der Waals surface area contributed by atoms with E-state index >= 15 is 0 Å². The van der Waals surface area contributed by atoms with Crippen molar-refractivity contribution in [2.24, 2.45) is 5.92 Å². The molecule has 1 saturated heterocycles. The van der Waals surface area contributed by atoms with E-state index in [0.29, 0.717) is 11.8 Å². The molecule has 5 nitrogen and oxygen atoms in total. The molecule has 5 heteroatoms. The topological polar surface area (TPSA) is 56.3 Å². The van der Waals surface area contributed by atoms with E-state index in [2.05, 4.69) is 22.2 Å². The van der Waals surface area contributed by atoms with Crippen LogP contribution in [-0.2, 0) is 4.74 Å². The second kappa shape index (κ2) is 8.17. The number of nitrogens with one attached hydrogen (secondary N) is 1. The maximum absolute atomic E-state index is 5.44. The molecule has 20 heavy (non-hydrogen) atoms. The zero-order valence-electron chi connectivity index (χ0n) is 12.5. The standard InChI is InChI=1S/C15H25N3O2/c1-3-6-16-13(9-12-4-7-20-8-5-12)14-10-15(19-2)18-11-17-14/h10-13,16H,3-9H2,1-2H3. The summed E-state index contributed by atoms with van der Waals surface area (Å²) in [6.45, 7) is 4.95. The summed E-state index contributed by atoms with van der Waals surface area (Å²) in [6.07, 6.45) is 6.09. The van der Waals surface area contributed by atoms with E-state index in [1.165, 1.54) is 0 Å². The summed E-state index contributed by atoms with van der Waals surface area (Å²) in [5, 5.41) is 3.60. The van der Waals surface area contributed by atoms with E-state index in [9.17, 15) is 0 Å². The first kappa shape index (κ1) is 15.2. The van der Waals surface area contributed by atoms with Crippen LogP contribution in [0.5, 0.6) is 5.88 Å². The van der Waals surface area contributed by atoms with Crippen LogP contribution < -0.4 is 10.1 Å². The van der Waals surface area contributed by atoms with Gasteiger partial charge in [-0.15, -0.1) is 0 Å². The van der Waals surface area contributed by atoms with Crippen molar-refractivity contribution in [3.63, 3.8) is 0 Å². The van der Waals surface area contributed by atoms with Crippen LogP contribution in [0.4, 0.5) is 0 Å². The summed E-state index contributed by atoms with van der Waals surface area (Å²) in [5.41, 5.74) is 1.02. The number of rotatable bonds is 7. The summed E-state index contributed by atoms with van der Waals surface area (Å²) in [7, 11) is 1.64. The Morgan fingerprint density at radius 3 is 2.90 bits per heavy atom. The number of ether oxygens (including phenoxy) is 2. The highest BCUT2D eigenvalue weighted by Crippen LogP contribution is 2.27. The highest BCUT2D eigenvalue weighted by atomic mass is 16.5. The van der Waals surface area contributed by atoms with Gasteiger partial charge in [0.05, 0.1) is 18.8 Å². The van der Waals surface area contributed by atoms with E-state index < -0.39 is 0 Å². The first-order valence-electron chi connectivity index (χ1n) is 7.50. The Morgan fingerprint density at radius 1 is 1.40 bits per heavy atom. The summed E-state index contributed by atoms with van der Waals surface area (Å²) < 4.78 is 10.6. The highest BCUT2D eigenvalue weighted by Gasteiger charge is 2.21. The van der Waals surface area contributed by atoms with Crippen molar-refractivity contribution in [2.45, 2.75) is 38.6 Å². The minimum atomic E-state index is 0.273. The Morgan fingerprint density at radius 2 is 2.20 bits per heavy atom. The molecule has 1 fully saturated rings. The normalized spacial score (nSPS) is 17.9. The highest BCUT2D eigenvalue weighted by molar-refractivity contribution is 5.16. The Labute approximate surface area is 121 Å². The molecule has 0 radical (unpaired) electrons. The lowest BCUT2D eigenvalue weighted by molar-refractivity contribution is 0.0603. The molecule has 0 aliphatic carbocycles. The van der Waals surface area contributed by atoms with Crippen molar-refractivity contribution >= 4 is 0 Å². The van der Waals surface area contributed by atoms with Crippen LogP contribution in [-0.4, -0.2) is 36.8 Å². The van der Waals surface area contributed by atoms with Gasteiger partial charge in [-0.3, -0.25) is 0 Å². The van der Waals surface area contributed by atoms with Gasteiger partial charge in [-0.05, 0) is 38.1 Å². The Hall–Kier alpha value is -1.20. The van der Waals surface area contributed by atoms with Gasteiger partial charge in [0.15, 0.2) is 0 Å². The fraction of sp³-hybridized carbons (Fsp3) is 0.733. The van der Waals surface area contributed by atoms with E-state index in [1.54, 1.807) is 13.4 Å². The molecule has 1 aliphatic rings. The van der Waals surface area contributed by atoms with Gasteiger partial charge >= 0.3 is 0 Å². The van der Waals surface area contributed by atoms with Gasteiger partial charge in [0, 0.05) is 19.3 Å². The van der Waals surface area contributed by atoms with Gasteiger partial charge in [-0.25, -0.2) is 9.97 Å². The maximum atomic E-state index is 5.44. The van der Waals surface area contributed by atoms with Crippen LogP contribution in [0, 0.1) is 5.92 Å². The van der Waals surface area contributed by atoms with Crippen molar-refractivity contribution in [2.75, 3.05) is 26.9 Å². The molecule has 1 aromatic rings. The molecule has 2 rings (SSSR count). The third kappa shape index (κ3) is 4.42. The lowest BCUT2D eigenvalue weighted by atomic mass is 9.91. The second-order valence-electron chi connectivity index (χ2n) is 5.28. The molecule has 1 aromatic heterocycles. The molecule has 1 atom stereocenters. The van der Waals surface area contributed by atoms with E-state index in [4.69, 9.17) is 9.47 Å². The summed E-state index contributed by atoms with van der Waals surface area (Å²) >= 11 is 0. The van der Waals surface area contributed by atoms with Crippen molar-refractivity contribution in [3.05, 3.63) is 18.1 Å². The predicted octanol–water partition coefficient (Wildman–Crippen LogP) is 2.34. The van der Waals surface area contributed by atoms with Crippen molar-refractivity contribution in [3.8, 4) is 5.88 Å². The average Bonchev–Trinajstić information content (AvgIpc) is 2.52. The third-order valence-corrected chi connectivity index (χ3v) is 3.78. The van der Waals surface area contributed by atoms with Gasteiger partial charge < -0.3 is 14.8 Å². The van der Waals surface area contributed by atoms with Crippen LogP contribution in [0.1, 0.15) is 44.3 Å². The molecular weight excluding hydrogens is 254 g/mol. The molecule has 0 saturated carbocycles. The number of aromatic nitrogens is 2. The lowest BCUT2D eigenvalue weighted by Crippen LogP contribution is -2.27. The van der Waals surface area contributed by atoms with E-state index in [1.807, 2.05) is 6.07 Å². The molecule has 0 spiro atoms. The number of hydrogen-bond donors (Lipinski definition) is 1. The van der Waals surface area contributed by atoms with Crippen molar-refractivity contribution < 1.29 is 9.47 Å². The van der Waals surface area contributed by atoms with Gasteiger partial charge in [0.25, 0.3) is 0 Å². The summed E-state index contributed by atoms with van der Waals surface area (Å²) in [4.78, 5) is 8.51. The van der Waals surface area contributed by atoms with Gasteiger partial charge in [0.2, 0.25) is 5.88 Å². The maximum Gasteiger partial charge on any atom is 0.216 e. The number of methoxy groups -OCH3 is 1. The fourth-order valence-electron chi connectivity index (χ4n) is 2.60. The molecule has 1 unspecified atom stereocenters. The number of nitrogens with zero attached hydrogens (tertiary/aromatic N) is 2. The second-order valence-corrected chi connectivity index (χ2v) is 5.28. The molecule has 2 heterocycles. The fourth-order valence-corrected chi connectivity index (χ4v) is 2.60. The van der Waals surface area contributed by atoms with E-state index in [-0.39, 0.29) is 6.04 Å². The quantitative estimate of drug-likeness (QED) is 0.830. The monoisotopic (exact) mass is 279 g/mol. The molecule has 1 aliphatic heterocycles. The zero-order chi connectivity index (χ0) is 14.2. The Kier molecular flexibility index (Phi) is 6.21. The molecular formula is C15H25N3O2. The molecule has 1 N–H and O–H groups in total. The largest absolute Gasteiger partial charge is 0.481 e. The molecule has 0 amide bonds. The van der Waals surface area contributed by atoms with Crippen LogP contribution in [0.3, 0.4) is 0 Å². The van der Waals surface area contributed by atoms with Crippen molar-refractivity contribution in [1.82, 2.24) is 15.3 Å². The van der Waals surface area contributed by atoms with Crippen LogP contribution in [0.2, 0.25) is 0 Å². The van der Waals surface area contributed by atoms with Crippen LogP contribution in [0.15, 0.2) is 12.4 Å². The van der Waals surface area contributed by atoms with Crippen LogP contribution >= 0.6 is 0 Å². The van der Waals surface area contributed by atoms with Crippen LogP contribution in [0.25, 0.3) is 0 Å². The summed E-state index contributed by atoms with van der Waals surface area (Å²) in [5.74, 6) is 1.34. The molecule has 0 bridgehead atoms. The Bertz CT molecular complexity index is 394. The lowest BCUT2D eigenvalue weighted by Gasteiger charge is -2.27. The van der Waals surface area contributed by atoms with Gasteiger partial charge in [0.1, 0.15) is 6.33 Å². The van der Waals surface area contributed by atoms with E-state index in [0.717, 1.165) is 51.1 Å². The SMILES string of the molecule is CCCNC(CC1CCOCC1)c1cc(OC)ncn1. The Balaban J connectivity index is 2.04. The minimum absolute atomic E-state index is 0.273. The average molecular weight is 279 g/mol. The minimum Gasteiger partial charge on any atom is -0.481 e. The van der Waals surface area contributed by atoms with Gasteiger partial charge in [-0.2, -0.15) is 0 Å².